The van der Waals surface area contributed by atoms with Crippen LogP contribution in [0.1, 0.15) is 42.9 Å². The van der Waals surface area contributed by atoms with Crippen molar-refractivity contribution in [2.45, 2.75) is 43.4 Å². The second-order valence-electron chi connectivity index (χ2n) is 13.0. The lowest BCUT2D eigenvalue weighted by Crippen LogP contribution is -2.67. The normalized spacial score (nSPS) is 26.7. The van der Waals surface area contributed by atoms with Crippen molar-refractivity contribution in [2.75, 3.05) is 21.2 Å². The predicted octanol–water partition coefficient (Wildman–Crippen LogP) is 2.67. The van der Waals surface area contributed by atoms with Crippen LogP contribution in [0.5, 0.6) is 11.5 Å². The number of phenols is 1. The number of carbonyl (C=O) groups is 4. The molecule has 0 saturated heterocycles. The number of carbonyl (C=O) groups excluding carboxylic acids is 3. The average molecular weight is 675 g/mol. The average Bonchev–Trinajstić information content (AvgIpc) is 3.04. The number of carboxylic acid groups (broad SMARTS) is 1. The molecule has 1 fully saturated rings. The number of Topliss-reactive ketones (excluding diaryl/α,β-unsaturated/α-hetero) is 2. The number of aromatic hydroxyl groups is 1. The van der Waals surface area contributed by atoms with Crippen molar-refractivity contribution in [1.82, 2.24) is 4.90 Å². The highest BCUT2D eigenvalue weighted by Crippen LogP contribution is 2.57. The van der Waals surface area contributed by atoms with Crippen molar-refractivity contribution in [2.24, 2.45) is 17.6 Å². The molecule has 3 aliphatic carbocycles. The van der Waals surface area contributed by atoms with E-state index in [2.05, 4.69) is 0 Å². The van der Waals surface area contributed by atoms with Crippen LogP contribution >= 0.6 is 0 Å². The Morgan fingerprint density at radius 3 is 2.22 bits per heavy atom. The summed E-state index contributed by atoms with van der Waals surface area (Å²) in [4.78, 5) is 50.9. The fourth-order valence-electron chi connectivity index (χ4n) is 7.28. The van der Waals surface area contributed by atoms with Crippen LogP contribution in [-0.2, 0) is 24.8 Å². The van der Waals surface area contributed by atoms with Gasteiger partial charge in [-0.2, -0.15) is 0 Å². The number of aliphatic hydroxyl groups is 4. The highest BCUT2D eigenvalue weighted by molar-refractivity contribution is 6.24. The van der Waals surface area contributed by atoms with Crippen molar-refractivity contribution in [3.63, 3.8) is 0 Å². The number of carboxylic acids is 1. The van der Waals surface area contributed by atoms with E-state index >= 15 is 0 Å². The third kappa shape index (κ3) is 5.39. The van der Waals surface area contributed by atoms with Gasteiger partial charge in [-0.15, -0.1) is 0 Å². The lowest BCUT2D eigenvalue weighted by atomic mass is 9.54. The largest absolute Gasteiger partial charge is 0.508 e. The van der Waals surface area contributed by atoms with Crippen molar-refractivity contribution in [3.8, 4) is 11.5 Å². The number of primary amides is 1. The number of amides is 1. The van der Waals surface area contributed by atoms with E-state index in [0.29, 0.717) is 0 Å². The molecule has 0 unspecified atom stereocenters. The Labute approximate surface area is 281 Å². The molecule has 6 rings (SSSR count). The lowest BCUT2D eigenvalue weighted by molar-refractivity contribution is -0.159. The topological polar surface area (TPSA) is 228 Å². The Bertz CT molecular complexity index is 1980. The number of benzene rings is 3. The molecule has 1 saturated carbocycles. The number of hydrogen-bond donors (Lipinski definition) is 7. The first kappa shape index (κ1) is 35.1. The molecular weight excluding hydrogens is 636 g/mol. The number of rotatable bonds is 5. The fourth-order valence-corrected chi connectivity index (χ4v) is 7.28. The van der Waals surface area contributed by atoms with Gasteiger partial charge in [-0.3, -0.25) is 24.1 Å². The number of fused-ring (bicyclic) bond motifs is 4. The summed E-state index contributed by atoms with van der Waals surface area (Å²) in [5.74, 6) is -8.39. The van der Waals surface area contributed by atoms with Crippen LogP contribution in [0.4, 0.5) is 0 Å². The van der Waals surface area contributed by atoms with E-state index < -0.39 is 86.9 Å². The molecule has 3 aromatic carbocycles. The van der Waals surface area contributed by atoms with Crippen LogP contribution in [0.2, 0.25) is 0 Å². The Morgan fingerprint density at radius 2 is 1.63 bits per heavy atom. The maximum atomic E-state index is 13.7. The van der Waals surface area contributed by atoms with E-state index in [1.807, 2.05) is 36.4 Å². The molecule has 0 radical (unpaired) electrons. The van der Waals surface area contributed by atoms with Crippen molar-refractivity contribution in [3.05, 3.63) is 88.2 Å². The Morgan fingerprint density at radius 1 is 1.00 bits per heavy atom. The van der Waals surface area contributed by atoms with E-state index in [1.54, 1.807) is 14.0 Å². The maximum Gasteiger partial charge on any atom is 0.310 e. The summed E-state index contributed by atoms with van der Waals surface area (Å²) in [6.45, 7) is 3.09. The summed E-state index contributed by atoms with van der Waals surface area (Å²) < 4.78 is 5.14. The highest BCUT2D eigenvalue weighted by Gasteiger charge is 2.66. The number of methoxy groups -OCH3 is 1. The standard InChI is InChI=1S/C22H24N2O8.C14H14O3/c1-21(31)8-5-4-6-11(25)12(8)16(26)13-9(21)7-10-15(24(2)3)17(27)14(20(23)30)19(29)22(10,32)18(13)28;1-9(14(15)16)10-3-4-12-8-13(17-2)6-5-11(12)7-10/h4-6,9-10,15,25-26,29,31-32H,7H2,1-3H3,(H2,23,30);3-9H,1-2H3,(H,15,16)/t9-,10-,15-,21+,22-;9-/m00/s1. The van der Waals surface area contributed by atoms with Crippen molar-refractivity contribution < 1.29 is 54.6 Å². The third-order valence-electron chi connectivity index (χ3n) is 9.96. The van der Waals surface area contributed by atoms with Gasteiger partial charge in [-0.05, 0) is 74.5 Å². The van der Waals surface area contributed by atoms with Gasteiger partial charge < -0.3 is 41.1 Å². The molecule has 0 spiro atoms. The quantitative estimate of drug-likeness (QED) is 0.194. The van der Waals surface area contributed by atoms with Gasteiger partial charge in [0.05, 0.1) is 30.2 Å². The van der Waals surface area contributed by atoms with Crippen molar-refractivity contribution >= 4 is 40.0 Å². The van der Waals surface area contributed by atoms with Crippen LogP contribution in [-0.4, -0.2) is 91.8 Å². The van der Waals surface area contributed by atoms with Crippen LogP contribution in [0.15, 0.2) is 71.5 Å². The van der Waals surface area contributed by atoms with E-state index in [0.717, 1.165) is 22.1 Å². The molecule has 3 aromatic rings. The Hall–Kier alpha value is -5.24. The van der Waals surface area contributed by atoms with E-state index in [4.69, 9.17) is 15.6 Å². The molecule has 0 heterocycles. The summed E-state index contributed by atoms with van der Waals surface area (Å²) in [5.41, 5.74) is 0.267. The third-order valence-corrected chi connectivity index (χ3v) is 9.96. The number of likely N-dealkylation sites (N-methyl/N-ethyl adjacent to an activating group) is 1. The number of aliphatic hydroxyl groups excluding tert-OH is 2. The summed E-state index contributed by atoms with van der Waals surface area (Å²) >= 11 is 0. The summed E-state index contributed by atoms with van der Waals surface area (Å²) in [6.07, 6.45) is -0.200. The summed E-state index contributed by atoms with van der Waals surface area (Å²) in [7, 11) is 4.63. The highest BCUT2D eigenvalue weighted by atomic mass is 16.5. The van der Waals surface area contributed by atoms with Crippen LogP contribution < -0.4 is 10.5 Å². The molecule has 0 bridgehead atoms. The minimum Gasteiger partial charge on any atom is -0.508 e. The molecular formula is C36H38N2O11. The number of aliphatic carboxylic acids is 1. The van der Waals surface area contributed by atoms with Crippen molar-refractivity contribution in [1.29, 1.82) is 0 Å². The lowest BCUT2D eigenvalue weighted by Gasteiger charge is -2.53. The molecule has 1 amide bonds. The number of nitrogens with two attached hydrogens (primary N) is 1. The first-order valence-electron chi connectivity index (χ1n) is 15.4. The first-order chi connectivity index (χ1) is 22.9. The molecule has 49 heavy (non-hydrogen) atoms. The summed E-state index contributed by atoms with van der Waals surface area (Å²) in [6, 6.07) is 14.4. The fraction of sp³-hybridized carbons (Fsp3) is 0.333. The van der Waals surface area contributed by atoms with Crippen LogP contribution in [0.3, 0.4) is 0 Å². The number of ether oxygens (including phenoxy) is 1. The second kappa shape index (κ2) is 12.3. The predicted molar refractivity (Wildman–Crippen MR) is 177 cm³/mol. The zero-order chi connectivity index (χ0) is 36.3. The van der Waals surface area contributed by atoms with Gasteiger partial charge in [0.25, 0.3) is 5.91 Å². The van der Waals surface area contributed by atoms with Gasteiger partial charge in [0, 0.05) is 17.4 Å². The van der Waals surface area contributed by atoms with Gasteiger partial charge >= 0.3 is 5.97 Å². The molecule has 8 N–H and O–H groups in total. The Kier molecular flexibility index (Phi) is 8.83. The van der Waals surface area contributed by atoms with E-state index in [1.165, 1.54) is 44.1 Å². The minimum atomic E-state index is -2.75. The monoisotopic (exact) mass is 674 g/mol. The zero-order valence-electron chi connectivity index (χ0n) is 27.5. The molecule has 3 aliphatic rings. The van der Waals surface area contributed by atoms with E-state index in [-0.39, 0.29) is 17.5 Å². The Balaban J connectivity index is 0.000000232. The molecule has 13 nitrogen and oxygen atoms in total. The maximum absolute atomic E-state index is 13.7. The molecule has 0 aromatic heterocycles. The zero-order valence-corrected chi connectivity index (χ0v) is 27.5. The number of nitrogens with zero attached hydrogens (tertiary/aromatic N) is 1. The van der Waals surface area contributed by atoms with Gasteiger partial charge in [0.2, 0.25) is 5.78 Å². The van der Waals surface area contributed by atoms with Gasteiger partial charge in [-0.1, -0.05) is 36.4 Å². The van der Waals surface area contributed by atoms with Gasteiger partial charge in [-0.25, -0.2) is 0 Å². The SMILES string of the molecule is CN(C)[C@@H]1C(=O)C(C(N)=O)=C(O)[C@@]2(O)C(=O)C3=C(O)c4c(O)cccc4[C@@](C)(O)[C@H]3C[C@@H]12.COc1ccc2cc([C@H](C)C(=O)O)ccc2c1. The van der Waals surface area contributed by atoms with Gasteiger partial charge in [0.15, 0.2) is 11.4 Å². The molecule has 6 atom stereocenters. The molecule has 258 valence electrons. The number of phenolic OH excluding ortho intramolecular Hbond substituents is 1. The van der Waals surface area contributed by atoms with Crippen LogP contribution in [0.25, 0.3) is 16.5 Å². The first-order valence-corrected chi connectivity index (χ1v) is 15.4. The molecule has 0 aliphatic heterocycles. The number of ketones is 2. The van der Waals surface area contributed by atoms with Gasteiger partial charge in [0.1, 0.15) is 28.6 Å². The van der Waals surface area contributed by atoms with Crippen LogP contribution in [0, 0.1) is 11.8 Å². The summed E-state index contributed by atoms with van der Waals surface area (Å²) in [5, 5.41) is 65.9. The molecule has 13 heteroatoms. The smallest absolute Gasteiger partial charge is 0.310 e. The second-order valence-corrected chi connectivity index (χ2v) is 13.0. The number of hydrogen-bond acceptors (Lipinski definition) is 11. The minimum absolute atomic E-state index is 0.170. The van der Waals surface area contributed by atoms with E-state index in [9.17, 15) is 44.7 Å².